The Morgan fingerprint density at radius 3 is 2.20 bits per heavy atom. The van der Waals surface area contributed by atoms with Crippen molar-refractivity contribution in [2.75, 3.05) is 32.8 Å². The van der Waals surface area contributed by atoms with Gasteiger partial charge in [0.2, 0.25) is 0 Å². The number of piperidine rings is 1. The Morgan fingerprint density at radius 1 is 0.932 bits per heavy atom. The van der Waals surface area contributed by atoms with Gasteiger partial charge in [-0.05, 0) is 65.6 Å². The molecule has 1 N–H and O–H groups in total. The van der Waals surface area contributed by atoms with Crippen molar-refractivity contribution in [3.05, 3.63) is 94.8 Å². The highest BCUT2D eigenvalue weighted by Crippen LogP contribution is 2.45. The maximum atomic E-state index is 14.0. The summed E-state index contributed by atoms with van der Waals surface area (Å²) in [6.07, 6.45) is -0.400. The summed E-state index contributed by atoms with van der Waals surface area (Å²) in [5.41, 5.74) is 2.32. The predicted octanol–water partition coefficient (Wildman–Crippen LogP) is 6.05. The molecule has 5 rings (SSSR count). The van der Waals surface area contributed by atoms with E-state index in [0.29, 0.717) is 49.3 Å². The van der Waals surface area contributed by atoms with E-state index < -0.39 is 29.5 Å². The zero-order valence-electron chi connectivity index (χ0n) is 25.7. The summed E-state index contributed by atoms with van der Waals surface area (Å²) in [5, 5.41) is 3.53. The van der Waals surface area contributed by atoms with E-state index in [1.54, 1.807) is 6.92 Å². The van der Waals surface area contributed by atoms with E-state index >= 15 is 0 Å². The number of hydrogen-bond donors (Lipinski definition) is 1. The van der Waals surface area contributed by atoms with Crippen LogP contribution in [0.4, 0.5) is 13.2 Å². The highest BCUT2D eigenvalue weighted by Gasteiger charge is 2.55. The number of ether oxygens (including phenoxy) is 3. The van der Waals surface area contributed by atoms with Gasteiger partial charge < -0.3 is 19.5 Å². The second-order valence-corrected chi connectivity index (χ2v) is 12.7. The van der Waals surface area contributed by atoms with Gasteiger partial charge >= 0.3 is 5.97 Å². The van der Waals surface area contributed by atoms with Gasteiger partial charge in [-0.2, -0.15) is 0 Å². The summed E-state index contributed by atoms with van der Waals surface area (Å²) < 4.78 is 57.9. The Hall–Kier alpha value is -3.56. The van der Waals surface area contributed by atoms with E-state index in [1.165, 1.54) is 5.56 Å². The van der Waals surface area contributed by atoms with Crippen molar-refractivity contribution in [1.29, 1.82) is 0 Å². The van der Waals surface area contributed by atoms with Crippen LogP contribution in [0.2, 0.25) is 0 Å². The summed E-state index contributed by atoms with van der Waals surface area (Å²) in [6.45, 7) is 11.5. The normalized spacial score (nSPS) is 20.2. The van der Waals surface area contributed by atoms with Crippen LogP contribution in [0, 0.1) is 29.3 Å². The van der Waals surface area contributed by atoms with Gasteiger partial charge in [0.1, 0.15) is 23.9 Å². The van der Waals surface area contributed by atoms with Crippen LogP contribution in [0.15, 0.2) is 60.7 Å². The van der Waals surface area contributed by atoms with Crippen LogP contribution in [0.5, 0.6) is 11.5 Å². The number of benzene rings is 3. The average Bonchev–Trinajstić information content (AvgIpc) is 3.43. The second kappa shape index (κ2) is 13.6. The molecule has 2 aliphatic rings. The maximum absolute atomic E-state index is 14.0. The average molecular weight is 611 g/mol. The number of fused-ring (bicyclic) bond motifs is 1. The molecule has 6 nitrogen and oxygen atoms in total. The van der Waals surface area contributed by atoms with E-state index in [9.17, 15) is 18.0 Å². The first kappa shape index (κ1) is 31.9. The molecule has 1 aliphatic carbocycles. The Morgan fingerprint density at radius 2 is 1.57 bits per heavy atom. The van der Waals surface area contributed by atoms with Gasteiger partial charge in [-0.3, -0.25) is 4.90 Å². The van der Waals surface area contributed by atoms with Crippen molar-refractivity contribution in [2.24, 2.45) is 11.8 Å². The molecule has 3 aromatic carbocycles. The Balaban J connectivity index is 1.04. The summed E-state index contributed by atoms with van der Waals surface area (Å²) in [7, 11) is 0. The molecule has 9 heteroatoms. The molecule has 2 fully saturated rings. The summed E-state index contributed by atoms with van der Waals surface area (Å²) in [4.78, 5) is 14.8. The van der Waals surface area contributed by atoms with Gasteiger partial charge in [0, 0.05) is 50.3 Å². The number of likely N-dealkylation sites (tertiary alicyclic amines) is 1. The van der Waals surface area contributed by atoms with Gasteiger partial charge in [-0.25, -0.2) is 18.0 Å². The minimum atomic E-state index is -1.16. The number of carbonyl (C=O) groups is 1. The molecule has 1 saturated carbocycles. The molecule has 0 bridgehead atoms. The SMILES string of the molecule is CCOC(=O)[C@H](Cc1ccc(OCCN[C@H]2[C@@H]3CN(Cc4cc(F)c(F)cc4F)C[C@@H]32)cc1)Oc1ccc(C(C)(C)C)cc1. The van der Waals surface area contributed by atoms with E-state index in [1.807, 2.05) is 48.5 Å². The minimum Gasteiger partial charge on any atom is -0.492 e. The third-order valence-electron chi connectivity index (χ3n) is 8.40. The lowest BCUT2D eigenvalue weighted by atomic mass is 9.87. The van der Waals surface area contributed by atoms with Gasteiger partial charge in [-0.1, -0.05) is 45.0 Å². The quantitative estimate of drug-likeness (QED) is 0.144. The topological polar surface area (TPSA) is 60.0 Å². The number of nitrogens with zero attached hydrogens (tertiary/aromatic N) is 1. The lowest BCUT2D eigenvalue weighted by molar-refractivity contribution is -0.151. The fraction of sp³-hybridized carbons (Fsp3) is 0.457. The monoisotopic (exact) mass is 610 g/mol. The highest BCUT2D eigenvalue weighted by molar-refractivity contribution is 5.75. The van der Waals surface area contributed by atoms with Gasteiger partial charge in [-0.15, -0.1) is 0 Å². The number of rotatable bonds is 13. The molecule has 1 heterocycles. The number of hydrogen-bond acceptors (Lipinski definition) is 6. The fourth-order valence-electron chi connectivity index (χ4n) is 5.91. The molecule has 0 radical (unpaired) electrons. The molecule has 0 aromatic heterocycles. The molecule has 3 aromatic rings. The van der Waals surface area contributed by atoms with Crippen molar-refractivity contribution in [3.63, 3.8) is 0 Å². The Kier molecular flexibility index (Phi) is 9.85. The molecule has 0 unspecified atom stereocenters. The molecular formula is C35H41F3N2O4. The van der Waals surface area contributed by atoms with Crippen LogP contribution < -0.4 is 14.8 Å². The molecule has 0 spiro atoms. The van der Waals surface area contributed by atoms with E-state index in [-0.39, 0.29) is 24.1 Å². The Labute approximate surface area is 257 Å². The van der Waals surface area contributed by atoms with Crippen LogP contribution in [0.1, 0.15) is 44.4 Å². The first-order valence-corrected chi connectivity index (χ1v) is 15.3. The van der Waals surface area contributed by atoms with Crippen molar-refractivity contribution >= 4 is 5.97 Å². The first-order chi connectivity index (χ1) is 21.0. The summed E-state index contributed by atoms with van der Waals surface area (Å²) in [5.74, 6) is -1.01. The number of esters is 1. The molecule has 236 valence electrons. The molecule has 4 atom stereocenters. The third kappa shape index (κ3) is 7.93. The van der Waals surface area contributed by atoms with Crippen molar-refractivity contribution in [3.8, 4) is 11.5 Å². The maximum Gasteiger partial charge on any atom is 0.347 e. The van der Waals surface area contributed by atoms with E-state index in [2.05, 4.69) is 31.0 Å². The lowest BCUT2D eigenvalue weighted by Crippen LogP contribution is -2.33. The highest BCUT2D eigenvalue weighted by atomic mass is 19.2. The number of carbonyl (C=O) groups excluding carboxylic acids is 1. The van der Waals surface area contributed by atoms with Gasteiger partial charge in [0.15, 0.2) is 17.7 Å². The number of halogens is 3. The summed E-state index contributed by atoms with van der Waals surface area (Å²) in [6, 6.07) is 17.4. The number of nitrogens with one attached hydrogen (secondary N) is 1. The molecular weight excluding hydrogens is 569 g/mol. The van der Waals surface area contributed by atoms with Crippen LogP contribution in [-0.4, -0.2) is 55.9 Å². The Bertz CT molecular complexity index is 1410. The molecule has 0 amide bonds. The van der Waals surface area contributed by atoms with Crippen molar-refractivity contribution in [1.82, 2.24) is 10.2 Å². The summed E-state index contributed by atoms with van der Waals surface area (Å²) >= 11 is 0. The van der Waals surface area contributed by atoms with Gasteiger partial charge in [0.25, 0.3) is 0 Å². The van der Waals surface area contributed by atoms with Crippen LogP contribution >= 0.6 is 0 Å². The molecule has 44 heavy (non-hydrogen) atoms. The minimum absolute atomic E-state index is 0.0253. The largest absolute Gasteiger partial charge is 0.492 e. The fourth-order valence-corrected chi connectivity index (χ4v) is 5.91. The van der Waals surface area contributed by atoms with E-state index in [4.69, 9.17) is 14.2 Å². The van der Waals surface area contributed by atoms with E-state index in [0.717, 1.165) is 30.5 Å². The third-order valence-corrected chi connectivity index (χ3v) is 8.40. The van der Waals surface area contributed by atoms with Crippen LogP contribution in [-0.2, 0) is 27.9 Å². The zero-order valence-corrected chi connectivity index (χ0v) is 25.7. The lowest BCUT2D eigenvalue weighted by Gasteiger charge is -2.21. The first-order valence-electron chi connectivity index (χ1n) is 15.3. The van der Waals surface area contributed by atoms with Gasteiger partial charge in [0.05, 0.1) is 6.61 Å². The second-order valence-electron chi connectivity index (χ2n) is 12.7. The predicted molar refractivity (Wildman–Crippen MR) is 162 cm³/mol. The molecule has 1 aliphatic heterocycles. The van der Waals surface area contributed by atoms with Crippen molar-refractivity contribution in [2.45, 2.75) is 58.2 Å². The van der Waals surface area contributed by atoms with Crippen molar-refractivity contribution < 1.29 is 32.2 Å². The van der Waals surface area contributed by atoms with Crippen LogP contribution in [0.25, 0.3) is 0 Å². The smallest absolute Gasteiger partial charge is 0.347 e. The zero-order chi connectivity index (χ0) is 31.4. The standard InChI is InChI=1S/C35H41F3N2O4/c1-5-42-34(41)32(44-26-12-8-24(9-13-26)35(2,3)4)16-22-6-10-25(11-7-22)43-15-14-39-33-27-20-40(21-28(27)33)19-23-17-30(37)31(38)18-29(23)36/h6-13,17-18,27-28,32-33,39H,5,14-16,19-21H2,1-4H3/t27-,28+,32-,33+/m0/s1. The van der Waals surface area contributed by atoms with Crippen LogP contribution in [0.3, 0.4) is 0 Å². The molecule has 1 saturated heterocycles.